The number of hydrogen-bond acceptors (Lipinski definition) is 5. The van der Waals surface area contributed by atoms with Crippen molar-refractivity contribution in [2.75, 3.05) is 17.3 Å². The summed E-state index contributed by atoms with van der Waals surface area (Å²) >= 11 is 0. The Kier molecular flexibility index (Phi) is 5.39. The molecule has 0 spiro atoms. The summed E-state index contributed by atoms with van der Waals surface area (Å²) in [4.78, 5) is 38.6. The third-order valence-corrected chi connectivity index (χ3v) is 4.25. The highest BCUT2D eigenvalue weighted by Gasteiger charge is 2.43. The van der Waals surface area contributed by atoms with E-state index in [0.717, 1.165) is 4.90 Å². The zero-order valence-corrected chi connectivity index (χ0v) is 15.2. The standard InChI is InChI=1S/C20H18FN3O4/c1-3-16(22-13-6-4-12(21)5-7-13)17-18(25)23-20(27)24(19(17)26)14-8-10-15(28-2)11-9-14/h3-11,17,22H,1-2H3,(H,23,25,27)/b16-3+/t17-/m0/s1. The number of rotatable bonds is 5. The van der Waals surface area contributed by atoms with Crippen molar-refractivity contribution in [2.24, 2.45) is 5.92 Å². The van der Waals surface area contributed by atoms with Crippen LogP contribution in [-0.2, 0) is 9.59 Å². The van der Waals surface area contributed by atoms with E-state index < -0.39 is 29.6 Å². The minimum absolute atomic E-state index is 0.278. The Bertz CT molecular complexity index is 939. The summed E-state index contributed by atoms with van der Waals surface area (Å²) in [7, 11) is 1.50. The smallest absolute Gasteiger partial charge is 0.335 e. The van der Waals surface area contributed by atoms with E-state index in [2.05, 4.69) is 10.6 Å². The van der Waals surface area contributed by atoms with Gasteiger partial charge in [0.1, 0.15) is 11.6 Å². The van der Waals surface area contributed by atoms with Crippen molar-refractivity contribution in [3.63, 3.8) is 0 Å². The number of urea groups is 1. The number of amides is 4. The summed E-state index contributed by atoms with van der Waals surface area (Å²) in [6.07, 6.45) is 1.56. The average Bonchev–Trinajstić information content (AvgIpc) is 2.69. The molecule has 2 N–H and O–H groups in total. The second-order valence-electron chi connectivity index (χ2n) is 5.97. The van der Waals surface area contributed by atoms with Crippen LogP contribution >= 0.6 is 0 Å². The van der Waals surface area contributed by atoms with Gasteiger partial charge in [-0.25, -0.2) is 14.1 Å². The number of carbonyl (C=O) groups is 3. The van der Waals surface area contributed by atoms with E-state index in [4.69, 9.17) is 4.74 Å². The van der Waals surface area contributed by atoms with E-state index in [1.165, 1.54) is 31.4 Å². The van der Waals surface area contributed by atoms with Crippen LogP contribution in [0.4, 0.5) is 20.6 Å². The van der Waals surface area contributed by atoms with Gasteiger partial charge in [-0.1, -0.05) is 6.08 Å². The molecule has 4 amide bonds. The molecule has 8 heteroatoms. The molecule has 1 aliphatic heterocycles. The Hall–Kier alpha value is -3.68. The molecule has 28 heavy (non-hydrogen) atoms. The molecule has 2 aromatic carbocycles. The quantitative estimate of drug-likeness (QED) is 0.775. The third kappa shape index (κ3) is 3.71. The highest BCUT2D eigenvalue weighted by Crippen LogP contribution is 2.27. The van der Waals surface area contributed by atoms with E-state index in [1.807, 2.05) is 0 Å². The summed E-state index contributed by atoms with van der Waals surface area (Å²) in [6.45, 7) is 1.65. The van der Waals surface area contributed by atoms with E-state index in [1.54, 1.807) is 37.3 Å². The lowest BCUT2D eigenvalue weighted by molar-refractivity contribution is -0.132. The molecule has 0 aliphatic carbocycles. The van der Waals surface area contributed by atoms with Gasteiger partial charge in [-0.15, -0.1) is 0 Å². The maximum Gasteiger partial charge on any atom is 0.335 e. The van der Waals surface area contributed by atoms with Gasteiger partial charge in [0.25, 0.3) is 5.91 Å². The summed E-state index contributed by atoms with van der Waals surface area (Å²) < 4.78 is 18.2. The highest BCUT2D eigenvalue weighted by molar-refractivity contribution is 6.29. The maximum absolute atomic E-state index is 13.1. The van der Waals surface area contributed by atoms with Crippen molar-refractivity contribution in [2.45, 2.75) is 6.92 Å². The molecule has 1 saturated heterocycles. The van der Waals surface area contributed by atoms with Crippen LogP contribution in [0.1, 0.15) is 6.92 Å². The SMILES string of the molecule is C/C=C(/Nc1ccc(F)cc1)[C@H]1C(=O)NC(=O)N(c2ccc(OC)cc2)C1=O. The number of halogens is 1. The van der Waals surface area contributed by atoms with Crippen molar-refractivity contribution >= 4 is 29.2 Å². The van der Waals surface area contributed by atoms with E-state index >= 15 is 0 Å². The van der Waals surface area contributed by atoms with Crippen LogP contribution in [-0.4, -0.2) is 25.0 Å². The maximum atomic E-state index is 13.1. The number of methoxy groups -OCH3 is 1. The second-order valence-corrected chi connectivity index (χ2v) is 5.97. The molecule has 0 saturated carbocycles. The lowest BCUT2D eigenvalue weighted by atomic mass is 9.99. The molecule has 1 atom stereocenters. The Labute approximate surface area is 160 Å². The van der Waals surface area contributed by atoms with Gasteiger partial charge in [-0.3, -0.25) is 14.9 Å². The number of imide groups is 2. The molecule has 0 radical (unpaired) electrons. The summed E-state index contributed by atoms with van der Waals surface area (Å²) in [5.41, 5.74) is 1.08. The highest BCUT2D eigenvalue weighted by atomic mass is 19.1. The summed E-state index contributed by atoms with van der Waals surface area (Å²) in [5, 5.41) is 5.15. The van der Waals surface area contributed by atoms with Crippen molar-refractivity contribution in [1.82, 2.24) is 5.32 Å². The largest absolute Gasteiger partial charge is 0.497 e. The van der Waals surface area contributed by atoms with Gasteiger partial charge in [0.05, 0.1) is 12.8 Å². The van der Waals surface area contributed by atoms with Gasteiger partial charge in [-0.2, -0.15) is 0 Å². The number of allylic oxidation sites excluding steroid dienone is 1. The number of benzene rings is 2. The van der Waals surface area contributed by atoms with Crippen LogP contribution in [0.15, 0.2) is 60.3 Å². The number of carbonyl (C=O) groups excluding carboxylic acids is 3. The Morgan fingerprint density at radius 1 is 1.11 bits per heavy atom. The van der Waals surface area contributed by atoms with Crippen LogP contribution in [0.2, 0.25) is 0 Å². The molecule has 0 bridgehead atoms. The van der Waals surface area contributed by atoms with Gasteiger partial charge in [-0.05, 0) is 55.5 Å². The number of anilines is 2. The number of nitrogens with zero attached hydrogens (tertiary/aromatic N) is 1. The van der Waals surface area contributed by atoms with E-state index in [9.17, 15) is 18.8 Å². The molecule has 1 heterocycles. The van der Waals surface area contributed by atoms with Gasteiger partial charge in [0.2, 0.25) is 5.91 Å². The zero-order chi connectivity index (χ0) is 20.3. The van der Waals surface area contributed by atoms with Crippen LogP contribution in [0.5, 0.6) is 5.75 Å². The predicted octanol–water partition coefficient (Wildman–Crippen LogP) is 3.05. The number of hydrogen-bond donors (Lipinski definition) is 2. The average molecular weight is 383 g/mol. The molecule has 1 aliphatic rings. The number of ether oxygens (including phenoxy) is 1. The molecule has 2 aromatic rings. The lowest BCUT2D eigenvalue weighted by Gasteiger charge is -2.31. The van der Waals surface area contributed by atoms with Crippen LogP contribution in [0.3, 0.4) is 0 Å². The molecule has 1 fully saturated rings. The molecule has 144 valence electrons. The van der Waals surface area contributed by atoms with Crippen molar-refractivity contribution in [3.8, 4) is 5.75 Å². The van der Waals surface area contributed by atoms with E-state index in [-0.39, 0.29) is 5.70 Å². The zero-order valence-electron chi connectivity index (χ0n) is 15.2. The topological polar surface area (TPSA) is 87.7 Å². The molecular formula is C20H18FN3O4. The monoisotopic (exact) mass is 383 g/mol. The fourth-order valence-electron chi connectivity index (χ4n) is 2.84. The molecule has 0 unspecified atom stereocenters. The molecule has 0 aromatic heterocycles. The van der Waals surface area contributed by atoms with Crippen LogP contribution in [0, 0.1) is 11.7 Å². The van der Waals surface area contributed by atoms with Gasteiger partial charge in [0.15, 0.2) is 5.92 Å². The first kappa shape index (κ1) is 19.1. The summed E-state index contributed by atoms with van der Waals surface area (Å²) in [5.74, 6) is -2.53. The third-order valence-electron chi connectivity index (χ3n) is 4.25. The van der Waals surface area contributed by atoms with Crippen LogP contribution < -0.4 is 20.3 Å². The fraction of sp³-hybridized carbons (Fsp3) is 0.150. The first-order valence-corrected chi connectivity index (χ1v) is 8.46. The summed E-state index contributed by atoms with van der Waals surface area (Å²) in [6, 6.07) is 11.0. The number of barbiturate groups is 1. The first-order valence-electron chi connectivity index (χ1n) is 8.46. The van der Waals surface area contributed by atoms with Crippen molar-refractivity contribution in [1.29, 1.82) is 0 Å². The van der Waals surface area contributed by atoms with Gasteiger partial charge >= 0.3 is 6.03 Å². The van der Waals surface area contributed by atoms with E-state index in [0.29, 0.717) is 17.1 Å². The minimum Gasteiger partial charge on any atom is -0.497 e. The normalized spacial score (nSPS) is 17.4. The lowest BCUT2D eigenvalue weighted by Crippen LogP contribution is -2.59. The fourth-order valence-corrected chi connectivity index (χ4v) is 2.84. The molecular weight excluding hydrogens is 365 g/mol. The minimum atomic E-state index is -1.25. The van der Waals surface area contributed by atoms with Gasteiger partial charge < -0.3 is 10.1 Å². The Balaban J connectivity index is 1.90. The van der Waals surface area contributed by atoms with Crippen molar-refractivity contribution < 1.29 is 23.5 Å². The Morgan fingerprint density at radius 3 is 2.32 bits per heavy atom. The predicted molar refractivity (Wildman–Crippen MR) is 101 cm³/mol. The Morgan fingerprint density at radius 2 is 1.75 bits per heavy atom. The molecule has 3 rings (SSSR count). The van der Waals surface area contributed by atoms with Gasteiger partial charge in [0, 0.05) is 11.4 Å². The van der Waals surface area contributed by atoms with Crippen molar-refractivity contribution in [3.05, 3.63) is 66.1 Å². The van der Waals surface area contributed by atoms with Crippen LogP contribution in [0.25, 0.3) is 0 Å². The molecule has 7 nitrogen and oxygen atoms in total. The number of nitrogens with one attached hydrogen (secondary N) is 2. The second kappa shape index (κ2) is 7.91. The first-order chi connectivity index (χ1) is 13.4.